The van der Waals surface area contributed by atoms with Crippen LogP contribution in [0.2, 0.25) is 0 Å². The highest BCUT2D eigenvalue weighted by Gasteiger charge is 2.22. The Morgan fingerprint density at radius 3 is 2.64 bits per heavy atom. The van der Waals surface area contributed by atoms with Crippen LogP contribution in [0.25, 0.3) is 0 Å². The van der Waals surface area contributed by atoms with E-state index in [1.807, 2.05) is 48.4 Å². The van der Waals surface area contributed by atoms with Crippen LogP contribution in [-0.2, 0) is 0 Å². The molecular formula is C21H24N4. The number of amidine groups is 1. The standard InChI is InChI=1S/C21H24N4/c1-6-13-23-20(7-2)25-14-12-17(15-22-5)21(25)24-19-11-9-8-10-18(19)16(3)4/h6-16H,1,5H2,2-4H3/b17-15-,20-7+,23-13-,24-21?. The number of hydrogen-bond acceptors (Lipinski definition) is 3. The van der Waals surface area contributed by atoms with Crippen molar-refractivity contribution in [1.29, 1.82) is 0 Å². The van der Waals surface area contributed by atoms with Crippen LogP contribution >= 0.6 is 0 Å². The van der Waals surface area contributed by atoms with Crippen LogP contribution in [0.1, 0.15) is 32.3 Å². The summed E-state index contributed by atoms with van der Waals surface area (Å²) in [7, 11) is 0. The third-order valence-corrected chi connectivity index (χ3v) is 3.72. The van der Waals surface area contributed by atoms with E-state index in [1.165, 1.54) is 5.56 Å². The number of rotatable bonds is 6. The Hall–Kier alpha value is -3.01. The first-order valence-electron chi connectivity index (χ1n) is 8.25. The van der Waals surface area contributed by atoms with Crippen LogP contribution in [0, 0.1) is 0 Å². The molecule has 0 aliphatic carbocycles. The maximum Gasteiger partial charge on any atom is 0.147 e. The van der Waals surface area contributed by atoms with Gasteiger partial charge in [0.2, 0.25) is 0 Å². The Morgan fingerprint density at radius 2 is 2.00 bits per heavy atom. The predicted octanol–water partition coefficient (Wildman–Crippen LogP) is 5.37. The number of para-hydroxylation sites is 1. The molecule has 128 valence electrons. The molecule has 0 bridgehead atoms. The minimum Gasteiger partial charge on any atom is -0.286 e. The highest BCUT2D eigenvalue weighted by Crippen LogP contribution is 2.30. The van der Waals surface area contributed by atoms with Crippen molar-refractivity contribution in [2.75, 3.05) is 0 Å². The van der Waals surface area contributed by atoms with Gasteiger partial charge >= 0.3 is 0 Å². The molecule has 0 amide bonds. The predicted molar refractivity (Wildman–Crippen MR) is 109 cm³/mol. The highest BCUT2D eigenvalue weighted by molar-refractivity contribution is 6.06. The second-order valence-electron chi connectivity index (χ2n) is 5.76. The molecule has 0 saturated heterocycles. The third kappa shape index (κ3) is 4.29. The van der Waals surface area contributed by atoms with Crippen LogP contribution < -0.4 is 0 Å². The summed E-state index contributed by atoms with van der Waals surface area (Å²) in [5, 5.41) is 0. The van der Waals surface area contributed by atoms with E-state index in [1.54, 1.807) is 18.5 Å². The molecule has 1 aliphatic heterocycles. The Kier molecular flexibility index (Phi) is 6.40. The minimum absolute atomic E-state index is 0.383. The lowest BCUT2D eigenvalue weighted by Crippen LogP contribution is -2.21. The van der Waals surface area contributed by atoms with Crippen molar-refractivity contribution in [3.8, 4) is 0 Å². The molecule has 0 atom stereocenters. The monoisotopic (exact) mass is 332 g/mol. The molecule has 2 rings (SSSR count). The Labute approximate surface area is 150 Å². The van der Waals surface area contributed by atoms with E-state index in [2.05, 4.69) is 43.2 Å². The third-order valence-electron chi connectivity index (χ3n) is 3.72. The number of hydrogen-bond donors (Lipinski definition) is 0. The Bertz CT molecular complexity index is 792. The topological polar surface area (TPSA) is 40.3 Å². The van der Waals surface area contributed by atoms with Gasteiger partial charge in [-0.2, -0.15) is 0 Å². The van der Waals surface area contributed by atoms with Crippen LogP contribution in [-0.4, -0.2) is 23.7 Å². The summed E-state index contributed by atoms with van der Waals surface area (Å²) in [6.45, 7) is 13.5. The van der Waals surface area contributed by atoms with Crippen LogP contribution in [0.5, 0.6) is 0 Å². The molecule has 4 nitrogen and oxygen atoms in total. The second kappa shape index (κ2) is 8.73. The van der Waals surface area contributed by atoms with Gasteiger partial charge in [0.1, 0.15) is 11.7 Å². The van der Waals surface area contributed by atoms with Gasteiger partial charge in [-0.1, -0.05) is 44.7 Å². The van der Waals surface area contributed by atoms with E-state index < -0.39 is 0 Å². The van der Waals surface area contributed by atoms with E-state index in [0.29, 0.717) is 5.92 Å². The van der Waals surface area contributed by atoms with Crippen molar-refractivity contribution in [2.24, 2.45) is 15.0 Å². The lowest BCUT2D eigenvalue weighted by atomic mass is 10.0. The van der Waals surface area contributed by atoms with Crippen LogP contribution in [0.4, 0.5) is 5.69 Å². The van der Waals surface area contributed by atoms with Gasteiger partial charge in [0.05, 0.1) is 5.69 Å². The molecule has 25 heavy (non-hydrogen) atoms. The van der Waals surface area contributed by atoms with Gasteiger partial charge < -0.3 is 0 Å². The lowest BCUT2D eigenvalue weighted by Gasteiger charge is -2.19. The summed E-state index contributed by atoms with van der Waals surface area (Å²) in [5.41, 5.74) is 3.03. The maximum absolute atomic E-state index is 4.92. The Balaban J connectivity index is 2.56. The number of nitrogens with zero attached hydrogens (tertiary/aromatic N) is 4. The highest BCUT2D eigenvalue weighted by atomic mass is 15.3. The van der Waals surface area contributed by atoms with Gasteiger partial charge in [-0.05, 0) is 43.3 Å². The largest absolute Gasteiger partial charge is 0.286 e. The van der Waals surface area contributed by atoms with Crippen molar-refractivity contribution in [3.05, 3.63) is 78.4 Å². The van der Waals surface area contributed by atoms with E-state index in [-0.39, 0.29) is 0 Å². The molecule has 1 heterocycles. The average Bonchev–Trinajstić information content (AvgIpc) is 2.99. The maximum atomic E-state index is 4.92. The molecule has 1 aromatic carbocycles. The molecule has 0 spiro atoms. The SMILES string of the molecule is C=C/C=N\C(=C/C)N1C=C/C(=C/N=C)C1=Nc1ccccc1C(C)C. The number of allylic oxidation sites excluding steroid dienone is 2. The van der Waals surface area contributed by atoms with Crippen molar-refractivity contribution in [1.82, 2.24) is 4.90 Å². The zero-order valence-corrected chi connectivity index (χ0v) is 15.1. The molecule has 0 unspecified atom stereocenters. The lowest BCUT2D eigenvalue weighted by molar-refractivity contribution is 0.691. The zero-order valence-electron chi connectivity index (χ0n) is 15.1. The van der Waals surface area contributed by atoms with Crippen molar-refractivity contribution >= 4 is 24.5 Å². The summed E-state index contributed by atoms with van der Waals surface area (Å²) in [4.78, 5) is 15.2. The van der Waals surface area contributed by atoms with E-state index >= 15 is 0 Å². The summed E-state index contributed by atoms with van der Waals surface area (Å²) >= 11 is 0. The fourth-order valence-electron chi connectivity index (χ4n) is 2.54. The van der Waals surface area contributed by atoms with E-state index in [4.69, 9.17) is 4.99 Å². The van der Waals surface area contributed by atoms with Crippen LogP contribution in [0.3, 0.4) is 0 Å². The first-order valence-corrected chi connectivity index (χ1v) is 8.25. The first kappa shape index (κ1) is 18.3. The van der Waals surface area contributed by atoms with Crippen molar-refractivity contribution in [3.63, 3.8) is 0 Å². The summed E-state index contributed by atoms with van der Waals surface area (Å²) < 4.78 is 0. The smallest absolute Gasteiger partial charge is 0.147 e. The summed E-state index contributed by atoms with van der Waals surface area (Å²) in [5.74, 6) is 1.92. The minimum atomic E-state index is 0.383. The molecule has 0 N–H and O–H groups in total. The van der Waals surface area contributed by atoms with Crippen molar-refractivity contribution < 1.29 is 0 Å². The summed E-state index contributed by atoms with van der Waals surface area (Å²) in [6.07, 6.45) is 10.8. The molecule has 4 heteroatoms. The quantitative estimate of drug-likeness (QED) is 0.645. The van der Waals surface area contributed by atoms with Gasteiger partial charge in [0.25, 0.3) is 0 Å². The van der Waals surface area contributed by atoms with E-state index in [0.717, 1.165) is 22.9 Å². The van der Waals surface area contributed by atoms with Crippen LogP contribution in [0.15, 0.2) is 87.8 Å². The van der Waals surface area contributed by atoms with Gasteiger partial charge in [-0.25, -0.2) is 9.98 Å². The number of aliphatic imine (C=N–C) groups is 3. The zero-order chi connectivity index (χ0) is 18.2. The van der Waals surface area contributed by atoms with Gasteiger partial charge in [-0.15, -0.1) is 0 Å². The molecule has 0 fully saturated rings. The molecular weight excluding hydrogens is 308 g/mol. The van der Waals surface area contributed by atoms with Gasteiger partial charge in [0.15, 0.2) is 0 Å². The van der Waals surface area contributed by atoms with Gasteiger partial charge in [0, 0.05) is 24.2 Å². The normalized spacial score (nSPS) is 18.1. The molecule has 0 radical (unpaired) electrons. The molecule has 0 saturated carbocycles. The number of benzene rings is 1. The Morgan fingerprint density at radius 1 is 1.24 bits per heavy atom. The fraction of sp³-hybridized carbons (Fsp3) is 0.190. The second-order valence-corrected chi connectivity index (χ2v) is 5.76. The molecule has 0 aromatic heterocycles. The average molecular weight is 332 g/mol. The van der Waals surface area contributed by atoms with Gasteiger partial charge in [-0.3, -0.25) is 9.89 Å². The molecule has 1 aliphatic rings. The van der Waals surface area contributed by atoms with Crippen molar-refractivity contribution in [2.45, 2.75) is 26.7 Å². The first-order chi connectivity index (χ1) is 12.1. The fourth-order valence-corrected chi connectivity index (χ4v) is 2.54. The molecule has 1 aromatic rings. The van der Waals surface area contributed by atoms with E-state index in [9.17, 15) is 0 Å². The summed E-state index contributed by atoms with van der Waals surface area (Å²) in [6, 6.07) is 8.18.